The van der Waals surface area contributed by atoms with Crippen LogP contribution < -0.4 is 0 Å². The van der Waals surface area contributed by atoms with Gasteiger partial charge in [-0.05, 0) is 42.5 Å². The minimum Gasteiger partial charge on any atom is -0.504 e. The molecule has 1 atom stereocenters. The van der Waals surface area contributed by atoms with E-state index in [2.05, 4.69) is 0 Å². The first-order valence-corrected chi connectivity index (χ1v) is 7.35. The molecule has 1 aliphatic heterocycles. The van der Waals surface area contributed by atoms with Crippen molar-refractivity contribution in [3.8, 4) is 11.5 Å². The monoisotopic (exact) mass is 289 g/mol. The standard InChI is InChI=1S/C15H15NO3S/c1-9-10-6-8-20-13(10)5-7-16(9)15(19)11-3-2-4-12(17)14(11)18/h2-4,6,8-9,17-18H,5,7H2,1H3. The van der Waals surface area contributed by atoms with Crippen LogP contribution in [0.1, 0.15) is 33.8 Å². The van der Waals surface area contributed by atoms with Crippen LogP contribution in [0, 0.1) is 0 Å². The summed E-state index contributed by atoms with van der Waals surface area (Å²) in [7, 11) is 0. The number of phenols is 2. The molecule has 5 heteroatoms. The van der Waals surface area contributed by atoms with Crippen LogP contribution in [-0.2, 0) is 6.42 Å². The fraction of sp³-hybridized carbons (Fsp3) is 0.267. The molecule has 0 fully saturated rings. The molecular formula is C15H15NO3S. The minimum atomic E-state index is -0.346. The SMILES string of the molecule is CC1c2ccsc2CCN1C(=O)c1cccc(O)c1O. The topological polar surface area (TPSA) is 60.8 Å². The molecule has 0 bridgehead atoms. The number of carbonyl (C=O) groups excluding carboxylic acids is 1. The molecule has 0 aliphatic carbocycles. The average Bonchev–Trinajstić information content (AvgIpc) is 2.91. The van der Waals surface area contributed by atoms with Gasteiger partial charge < -0.3 is 15.1 Å². The predicted octanol–water partition coefficient (Wildman–Crippen LogP) is 2.92. The molecule has 3 rings (SSSR count). The number of aromatic hydroxyl groups is 2. The Kier molecular flexibility index (Phi) is 3.14. The highest BCUT2D eigenvalue weighted by Crippen LogP contribution is 2.36. The Morgan fingerprint density at radius 1 is 1.35 bits per heavy atom. The van der Waals surface area contributed by atoms with Crippen LogP contribution in [0.25, 0.3) is 0 Å². The first kappa shape index (κ1) is 13.0. The van der Waals surface area contributed by atoms with E-state index < -0.39 is 0 Å². The molecule has 1 aliphatic rings. The lowest BCUT2D eigenvalue weighted by Gasteiger charge is -2.33. The molecule has 0 saturated heterocycles. The summed E-state index contributed by atoms with van der Waals surface area (Å²) in [6.07, 6.45) is 0.836. The lowest BCUT2D eigenvalue weighted by atomic mass is 10.00. The number of rotatable bonds is 1. The molecule has 2 aromatic rings. The molecule has 1 unspecified atom stereocenters. The van der Waals surface area contributed by atoms with Gasteiger partial charge in [0.2, 0.25) is 0 Å². The summed E-state index contributed by atoms with van der Waals surface area (Å²) in [6, 6.07) is 6.49. The summed E-state index contributed by atoms with van der Waals surface area (Å²) in [5.74, 6) is -0.861. The van der Waals surface area contributed by atoms with Gasteiger partial charge in [-0.2, -0.15) is 0 Å². The normalized spacial score (nSPS) is 17.9. The maximum atomic E-state index is 12.6. The molecule has 104 valence electrons. The molecule has 2 N–H and O–H groups in total. The van der Waals surface area contributed by atoms with Crippen LogP contribution >= 0.6 is 11.3 Å². The van der Waals surface area contributed by atoms with Crippen molar-refractivity contribution in [2.45, 2.75) is 19.4 Å². The van der Waals surface area contributed by atoms with Gasteiger partial charge in [0, 0.05) is 11.4 Å². The number of benzene rings is 1. The fourth-order valence-corrected chi connectivity index (χ4v) is 3.61. The van der Waals surface area contributed by atoms with Crippen molar-refractivity contribution in [2.24, 2.45) is 0 Å². The third-order valence-electron chi connectivity index (χ3n) is 3.78. The first-order valence-electron chi connectivity index (χ1n) is 6.47. The average molecular weight is 289 g/mol. The van der Waals surface area contributed by atoms with Crippen LogP contribution in [0.15, 0.2) is 29.6 Å². The first-order chi connectivity index (χ1) is 9.59. The quantitative estimate of drug-likeness (QED) is 0.794. The van der Waals surface area contributed by atoms with Gasteiger partial charge >= 0.3 is 0 Å². The van der Waals surface area contributed by atoms with Crippen LogP contribution in [-0.4, -0.2) is 27.6 Å². The summed E-state index contributed by atoms with van der Waals surface area (Å²) in [6.45, 7) is 2.62. The van der Waals surface area contributed by atoms with Crippen molar-refractivity contribution in [3.63, 3.8) is 0 Å². The van der Waals surface area contributed by atoms with E-state index in [4.69, 9.17) is 0 Å². The Morgan fingerprint density at radius 3 is 2.95 bits per heavy atom. The number of thiophene rings is 1. The summed E-state index contributed by atoms with van der Waals surface area (Å²) in [4.78, 5) is 15.6. The molecule has 1 amide bonds. The number of nitrogens with zero attached hydrogens (tertiary/aromatic N) is 1. The highest BCUT2D eigenvalue weighted by molar-refractivity contribution is 7.10. The molecule has 4 nitrogen and oxygen atoms in total. The Balaban J connectivity index is 1.94. The summed E-state index contributed by atoms with van der Waals surface area (Å²) in [5.41, 5.74) is 1.32. The third-order valence-corrected chi connectivity index (χ3v) is 4.78. The van der Waals surface area contributed by atoms with Gasteiger partial charge in [-0.15, -0.1) is 11.3 Å². The Hall–Kier alpha value is -2.01. The number of phenolic OH excluding ortho intramolecular Hbond substituents is 2. The zero-order valence-electron chi connectivity index (χ0n) is 11.0. The highest BCUT2D eigenvalue weighted by Gasteiger charge is 2.30. The van der Waals surface area contributed by atoms with Crippen molar-refractivity contribution in [1.29, 1.82) is 0 Å². The molecule has 1 aromatic heterocycles. The van der Waals surface area contributed by atoms with E-state index in [0.717, 1.165) is 6.42 Å². The van der Waals surface area contributed by atoms with Crippen molar-refractivity contribution < 1.29 is 15.0 Å². The summed E-state index contributed by atoms with van der Waals surface area (Å²) >= 11 is 1.72. The maximum absolute atomic E-state index is 12.6. The van der Waals surface area contributed by atoms with Gasteiger partial charge in [-0.3, -0.25) is 4.79 Å². The van der Waals surface area contributed by atoms with E-state index in [1.807, 2.05) is 18.4 Å². The van der Waals surface area contributed by atoms with Crippen molar-refractivity contribution in [1.82, 2.24) is 4.90 Å². The molecule has 0 spiro atoms. The second kappa shape index (κ2) is 4.83. The van der Waals surface area contributed by atoms with E-state index in [0.29, 0.717) is 6.54 Å². The van der Waals surface area contributed by atoms with E-state index >= 15 is 0 Å². The van der Waals surface area contributed by atoms with Crippen molar-refractivity contribution >= 4 is 17.2 Å². The summed E-state index contributed by atoms with van der Waals surface area (Å²) in [5, 5.41) is 21.4. The number of para-hydroxylation sites is 1. The van der Waals surface area contributed by atoms with Gasteiger partial charge in [-0.1, -0.05) is 6.07 Å². The van der Waals surface area contributed by atoms with E-state index in [9.17, 15) is 15.0 Å². The number of hydrogen-bond donors (Lipinski definition) is 2. The Labute approximate surface area is 120 Å². The summed E-state index contributed by atoms with van der Waals surface area (Å²) < 4.78 is 0. The van der Waals surface area contributed by atoms with Crippen LogP contribution in [0.3, 0.4) is 0 Å². The molecule has 20 heavy (non-hydrogen) atoms. The van der Waals surface area contributed by atoms with E-state index in [-0.39, 0.29) is 29.0 Å². The van der Waals surface area contributed by atoms with Gasteiger partial charge in [0.05, 0.1) is 11.6 Å². The smallest absolute Gasteiger partial charge is 0.258 e. The number of carbonyl (C=O) groups is 1. The van der Waals surface area contributed by atoms with E-state index in [1.54, 1.807) is 22.3 Å². The van der Waals surface area contributed by atoms with Gasteiger partial charge in [0.1, 0.15) is 0 Å². The zero-order valence-corrected chi connectivity index (χ0v) is 11.9. The number of hydrogen-bond acceptors (Lipinski definition) is 4. The van der Waals surface area contributed by atoms with Crippen LogP contribution in [0.5, 0.6) is 11.5 Å². The lowest BCUT2D eigenvalue weighted by molar-refractivity contribution is 0.0675. The lowest BCUT2D eigenvalue weighted by Crippen LogP contribution is -2.38. The largest absolute Gasteiger partial charge is 0.504 e. The number of amides is 1. The van der Waals surface area contributed by atoms with Crippen molar-refractivity contribution in [3.05, 3.63) is 45.6 Å². The van der Waals surface area contributed by atoms with Gasteiger partial charge in [-0.25, -0.2) is 0 Å². The second-order valence-electron chi connectivity index (χ2n) is 4.90. The zero-order chi connectivity index (χ0) is 14.3. The Morgan fingerprint density at radius 2 is 2.15 bits per heavy atom. The van der Waals surface area contributed by atoms with Crippen molar-refractivity contribution in [2.75, 3.05) is 6.54 Å². The molecule has 0 saturated carbocycles. The molecule has 2 heterocycles. The number of fused-ring (bicyclic) bond motifs is 1. The minimum absolute atomic E-state index is 0.0146. The highest BCUT2D eigenvalue weighted by atomic mass is 32.1. The van der Waals surface area contributed by atoms with Gasteiger partial charge in [0.25, 0.3) is 5.91 Å². The second-order valence-corrected chi connectivity index (χ2v) is 5.90. The van der Waals surface area contributed by atoms with Crippen LogP contribution in [0.2, 0.25) is 0 Å². The molecule has 1 aromatic carbocycles. The van der Waals surface area contributed by atoms with E-state index in [1.165, 1.54) is 22.6 Å². The Bertz CT molecular complexity index is 665. The third kappa shape index (κ3) is 1.94. The molecule has 0 radical (unpaired) electrons. The fourth-order valence-electron chi connectivity index (χ4n) is 2.65. The van der Waals surface area contributed by atoms with Crippen LogP contribution in [0.4, 0.5) is 0 Å². The molecular weight excluding hydrogens is 274 g/mol. The maximum Gasteiger partial charge on any atom is 0.258 e. The predicted molar refractivity (Wildman–Crippen MR) is 77.2 cm³/mol. The van der Waals surface area contributed by atoms with Gasteiger partial charge in [0.15, 0.2) is 11.5 Å².